The lowest BCUT2D eigenvalue weighted by Gasteiger charge is -2.12. The normalized spacial score (nSPS) is 15.3. The van der Waals surface area contributed by atoms with Crippen molar-refractivity contribution in [3.63, 3.8) is 0 Å². The van der Waals surface area contributed by atoms with Crippen LogP contribution in [-0.2, 0) is 13.0 Å². The minimum atomic E-state index is -0.0377. The Morgan fingerprint density at radius 2 is 2.23 bits per heavy atom. The molecule has 1 saturated carbocycles. The van der Waals surface area contributed by atoms with Gasteiger partial charge in [0.25, 0.3) is 0 Å². The first-order chi connectivity index (χ1) is 10.8. The van der Waals surface area contributed by atoms with Crippen molar-refractivity contribution in [1.82, 2.24) is 20.2 Å². The van der Waals surface area contributed by atoms with Gasteiger partial charge in [-0.1, -0.05) is 12.8 Å². The van der Waals surface area contributed by atoms with E-state index >= 15 is 0 Å². The maximum Gasteiger partial charge on any atom is 0.315 e. The maximum absolute atomic E-state index is 11.9. The first-order valence-electron chi connectivity index (χ1n) is 8.25. The summed E-state index contributed by atoms with van der Waals surface area (Å²) in [5.74, 6) is 0. The van der Waals surface area contributed by atoms with Gasteiger partial charge in [-0.2, -0.15) is 0 Å². The minimum Gasteiger partial charge on any atom is -0.338 e. The molecule has 0 radical (unpaired) electrons. The van der Waals surface area contributed by atoms with Gasteiger partial charge in [-0.25, -0.2) is 9.78 Å². The highest BCUT2D eigenvalue weighted by atomic mass is 16.2. The van der Waals surface area contributed by atoms with E-state index < -0.39 is 0 Å². The van der Waals surface area contributed by atoms with E-state index in [0.717, 1.165) is 31.5 Å². The van der Waals surface area contributed by atoms with Crippen LogP contribution in [0.4, 0.5) is 4.79 Å². The summed E-state index contributed by atoms with van der Waals surface area (Å²) in [5.41, 5.74) is 2.27. The summed E-state index contributed by atoms with van der Waals surface area (Å²) < 4.78 is 2.16. The predicted molar refractivity (Wildman–Crippen MR) is 87.9 cm³/mol. The minimum absolute atomic E-state index is 0.0377. The Kier molecular flexibility index (Phi) is 4.61. The van der Waals surface area contributed by atoms with Gasteiger partial charge in [0.15, 0.2) is 0 Å². The molecule has 2 aromatic heterocycles. The molecule has 2 aromatic rings. The van der Waals surface area contributed by atoms with E-state index in [0.29, 0.717) is 12.6 Å². The molecule has 1 aliphatic rings. The van der Waals surface area contributed by atoms with Crippen LogP contribution in [-0.4, -0.2) is 28.2 Å². The zero-order valence-corrected chi connectivity index (χ0v) is 13.1. The second kappa shape index (κ2) is 6.81. The second-order valence-corrected chi connectivity index (χ2v) is 5.95. The van der Waals surface area contributed by atoms with Gasteiger partial charge in [0.2, 0.25) is 0 Å². The molecule has 22 heavy (non-hydrogen) atoms. The van der Waals surface area contributed by atoms with Crippen LogP contribution >= 0.6 is 0 Å². The fourth-order valence-electron chi connectivity index (χ4n) is 3.25. The average Bonchev–Trinajstić information content (AvgIpc) is 3.15. The topological polar surface area (TPSA) is 59.0 Å². The molecule has 2 amide bonds. The van der Waals surface area contributed by atoms with E-state index in [1.54, 1.807) is 0 Å². The van der Waals surface area contributed by atoms with Gasteiger partial charge >= 0.3 is 6.03 Å². The lowest BCUT2D eigenvalue weighted by Crippen LogP contribution is -2.41. The first-order valence-corrected chi connectivity index (χ1v) is 8.25. The van der Waals surface area contributed by atoms with E-state index in [1.807, 2.05) is 12.3 Å². The number of hydrogen-bond acceptors (Lipinski definition) is 2. The summed E-state index contributed by atoms with van der Waals surface area (Å²) in [7, 11) is 0. The van der Waals surface area contributed by atoms with E-state index in [-0.39, 0.29) is 6.03 Å². The molecule has 5 heteroatoms. The van der Waals surface area contributed by atoms with Crippen molar-refractivity contribution in [2.24, 2.45) is 0 Å². The largest absolute Gasteiger partial charge is 0.338 e. The number of nitrogens with zero attached hydrogens (tertiary/aromatic N) is 2. The standard InChI is InChI=1S/C17H24N4O/c1-2-21-12-13(15-8-5-10-18-16(15)21)9-11-19-17(22)20-14-6-3-4-7-14/h5,8,10,12,14H,2-4,6-7,9,11H2,1H3,(H2,19,20,22). The average molecular weight is 300 g/mol. The molecule has 1 aliphatic carbocycles. The third kappa shape index (κ3) is 3.24. The number of carbonyl (C=O) groups is 1. The number of carbonyl (C=O) groups excluding carboxylic acids is 1. The van der Waals surface area contributed by atoms with E-state index in [4.69, 9.17) is 0 Å². The molecule has 2 N–H and O–H groups in total. The number of nitrogens with one attached hydrogen (secondary N) is 2. The number of aryl methyl sites for hydroxylation is 1. The van der Waals surface area contributed by atoms with Crippen molar-refractivity contribution >= 4 is 17.1 Å². The zero-order valence-electron chi connectivity index (χ0n) is 13.1. The summed E-state index contributed by atoms with van der Waals surface area (Å²) in [6.45, 7) is 3.67. The van der Waals surface area contributed by atoms with Gasteiger partial charge in [0.1, 0.15) is 5.65 Å². The molecular formula is C17H24N4O. The monoisotopic (exact) mass is 300 g/mol. The van der Waals surface area contributed by atoms with Crippen molar-refractivity contribution in [1.29, 1.82) is 0 Å². The molecule has 0 unspecified atom stereocenters. The molecule has 0 spiro atoms. The third-order valence-corrected chi connectivity index (χ3v) is 4.43. The molecule has 0 aliphatic heterocycles. The van der Waals surface area contributed by atoms with Gasteiger partial charge in [-0.15, -0.1) is 0 Å². The van der Waals surface area contributed by atoms with Crippen LogP contribution in [0.1, 0.15) is 38.2 Å². The summed E-state index contributed by atoms with van der Waals surface area (Å²) in [5, 5.41) is 7.20. The van der Waals surface area contributed by atoms with Crippen molar-refractivity contribution < 1.29 is 4.79 Å². The second-order valence-electron chi connectivity index (χ2n) is 5.95. The molecule has 1 fully saturated rings. The van der Waals surface area contributed by atoms with Crippen LogP contribution in [0.2, 0.25) is 0 Å². The zero-order chi connectivity index (χ0) is 15.4. The molecule has 5 nitrogen and oxygen atoms in total. The fourth-order valence-corrected chi connectivity index (χ4v) is 3.25. The number of pyridine rings is 1. The van der Waals surface area contributed by atoms with Gasteiger partial charge in [0, 0.05) is 36.9 Å². The van der Waals surface area contributed by atoms with Crippen molar-refractivity contribution in [3.05, 3.63) is 30.1 Å². The van der Waals surface area contributed by atoms with Gasteiger partial charge in [-0.05, 0) is 43.9 Å². The maximum atomic E-state index is 11.9. The van der Waals surface area contributed by atoms with Crippen molar-refractivity contribution in [3.8, 4) is 0 Å². The number of hydrogen-bond donors (Lipinski definition) is 2. The molecule has 0 aromatic carbocycles. The number of urea groups is 1. The lowest BCUT2D eigenvalue weighted by atomic mass is 10.1. The Morgan fingerprint density at radius 3 is 3.00 bits per heavy atom. The smallest absolute Gasteiger partial charge is 0.315 e. The highest BCUT2D eigenvalue weighted by molar-refractivity contribution is 5.80. The summed E-state index contributed by atoms with van der Waals surface area (Å²) in [6.07, 6.45) is 9.49. The van der Waals surface area contributed by atoms with Crippen LogP contribution in [0.25, 0.3) is 11.0 Å². The third-order valence-electron chi connectivity index (χ3n) is 4.43. The molecule has 0 atom stereocenters. The highest BCUT2D eigenvalue weighted by Gasteiger charge is 2.16. The van der Waals surface area contributed by atoms with Crippen LogP contribution in [0, 0.1) is 0 Å². The Balaban J connectivity index is 1.56. The van der Waals surface area contributed by atoms with Gasteiger partial charge in [0.05, 0.1) is 0 Å². The van der Waals surface area contributed by atoms with E-state index in [9.17, 15) is 4.79 Å². The number of rotatable bonds is 5. The highest BCUT2D eigenvalue weighted by Crippen LogP contribution is 2.19. The van der Waals surface area contributed by atoms with Crippen LogP contribution in [0.15, 0.2) is 24.5 Å². The Hall–Kier alpha value is -2.04. The lowest BCUT2D eigenvalue weighted by molar-refractivity contribution is 0.237. The molecule has 0 saturated heterocycles. The Morgan fingerprint density at radius 1 is 1.41 bits per heavy atom. The fraction of sp³-hybridized carbons (Fsp3) is 0.529. The first kappa shape index (κ1) is 14.9. The molecule has 2 heterocycles. The SMILES string of the molecule is CCn1cc(CCNC(=O)NC2CCCC2)c2cccnc21. The number of amides is 2. The van der Waals surface area contributed by atoms with Crippen LogP contribution < -0.4 is 10.6 Å². The Bertz CT molecular complexity index is 643. The molecule has 0 bridgehead atoms. The predicted octanol–water partition coefficient (Wildman–Crippen LogP) is 2.84. The van der Waals surface area contributed by atoms with E-state index in [1.165, 1.54) is 23.8 Å². The quantitative estimate of drug-likeness (QED) is 0.892. The van der Waals surface area contributed by atoms with Crippen molar-refractivity contribution in [2.45, 2.75) is 51.6 Å². The number of fused-ring (bicyclic) bond motifs is 1. The molecule has 3 rings (SSSR count). The Labute approximate surface area is 131 Å². The summed E-state index contributed by atoms with van der Waals surface area (Å²) >= 11 is 0. The van der Waals surface area contributed by atoms with Crippen LogP contribution in [0.5, 0.6) is 0 Å². The summed E-state index contributed by atoms with van der Waals surface area (Å²) in [4.78, 5) is 16.3. The van der Waals surface area contributed by atoms with Gasteiger partial charge < -0.3 is 15.2 Å². The van der Waals surface area contributed by atoms with Gasteiger partial charge in [-0.3, -0.25) is 0 Å². The van der Waals surface area contributed by atoms with E-state index in [2.05, 4.69) is 39.4 Å². The van der Waals surface area contributed by atoms with Crippen molar-refractivity contribution in [2.75, 3.05) is 6.54 Å². The molecule has 118 valence electrons. The number of aromatic nitrogens is 2. The van der Waals surface area contributed by atoms with Crippen LogP contribution in [0.3, 0.4) is 0 Å². The molecular weight excluding hydrogens is 276 g/mol. The summed E-state index contributed by atoms with van der Waals surface area (Å²) in [6, 6.07) is 4.39.